The maximum absolute atomic E-state index is 12.6. The number of nitrogens with zero attached hydrogens (tertiary/aromatic N) is 1. The normalized spacial score (nSPS) is 17.7. The van der Waals surface area contributed by atoms with Gasteiger partial charge in [0.05, 0.1) is 10.5 Å². The lowest BCUT2D eigenvalue weighted by atomic mass is 10.2. The molecule has 1 amide bonds. The fourth-order valence-corrected chi connectivity index (χ4v) is 4.00. The summed E-state index contributed by atoms with van der Waals surface area (Å²) in [4.78, 5) is 22.9. The summed E-state index contributed by atoms with van der Waals surface area (Å²) >= 11 is 0. The number of primary amides is 1. The molecule has 1 heterocycles. The molecule has 0 saturated carbocycles. The standard InChI is InChI=1S/C16H22N2O5S/c1-12(15(17)19)23-16(20)13-6-8-14(9-7-13)24(21,22)18-10-4-2-3-5-11-18/h6-9,12H,2-5,10-11H2,1H3,(H2,17,19). The summed E-state index contributed by atoms with van der Waals surface area (Å²) in [7, 11) is -3.56. The molecule has 0 aromatic heterocycles. The monoisotopic (exact) mass is 354 g/mol. The van der Waals surface area contributed by atoms with Gasteiger partial charge in [-0.3, -0.25) is 4.79 Å². The molecule has 0 bridgehead atoms. The highest BCUT2D eigenvalue weighted by molar-refractivity contribution is 7.89. The van der Waals surface area contributed by atoms with Crippen LogP contribution in [0.3, 0.4) is 0 Å². The van der Waals surface area contributed by atoms with Crippen molar-refractivity contribution in [1.29, 1.82) is 0 Å². The topological polar surface area (TPSA) is 107 Å². The van der Waals surface area contributed by atoms with Crippen LogP contribution < -0.4 is 5.73 Å². The molecule has 1 aromatic carbocycles. The molecular weight excluding hydrogens is 332 g/mol. The zero-order chi connectivity index (χ0) is 17.7. The van der Waals surface area contributed by atoms with Gasteiger partial charge in [-0.15, -0.1) is 0 Å². The second-order valence-electron chi connectivity index (χ2n) is 5.79. The first-order valence-corrected chi connectivity index (χ1v) is 9.37. The number of sulfonamides is 1. The van der Waals surface area contributed by atoms with Crippen molar-refractivity contribution in [2.75, 3.05) is 13.1 Å². The van der Waals surface area contributed by atoms with Gasteiger partial charge >= 0.3 is 5.97 Å². The van der Waals surface area contributed by atoms with Crippen molar-refractivity contribution in [1.82, 2.24) is 4.31 Å². The molecule has 1 fully saturated rings. The Labute approximate surface area is 141 Å². The van der Waals surface area contributed by atoms with E-state index >= 15 is 0 Å². The number of benzene rings is 1. The first kappa shape index (κ1) is 18.4. The van der Waals surface area contributed by atoms with Crippen LogP contribution in [0.1, 0.15) is 43.0 Å². The van der Waals surface area contributed by atoms with Gasteiger partial charge in [0.2, 0.25) is 10.0 Å². The number of rotatable bonds is 5. The van der Waals surface area contributed by atoms with E-state index in [0.29, 0.717) is 13.1 Å². The smallest absolute Gasteiger partial charge is 0.338 e. The van der Waals surface area contributed by atoms with E-state index in [-0.39, 0.29) is 10.5 Å². The zero-order valence-corrected chi connectivity index (χ0v) is 14.4. The highest BCUT2D eigenvalue weighted by Gasteiger charge is 2.25. The molecule has 2 rings (SSSR count). The van der Waals surface area contributed by atoms with Gasteiger partial charge in [-0.05, 0) is 44.0 Å². The SMILES string of the molecule is CC(OC(=O)c1ccc(S(=O)(=O)N2CCCCCC2)cc1)C(N)=O. The van der Waals surface area contributed by atoms with E-state index in [4.69, 9.17) is 10.5 Å². The largest absolute Gasteiger partial charge is 0.449 e. The lowest BCUT2D eigenvalue weighted by Gasteiger charge is -2.20. The predicted octanol–water partition coefficient (Wildman–Crippen LogP) is 1.28. The van der Waals surface area contributed by atoms with E-state index in [9.17, 15) is 18.0 Å². The Balaban J connectivity index is 2.13. The van der Waals surface area contributed by atoms with Crippen LogP contribution in [0.25, 0.3) is 0 Å². The number of carbonyl (C=O) groups excluding carboxylic acids is 2. The third-order valence-corrected chi connectivity index (χ3v) is 5.89. The fourth-order valence-electron chi connectivity index (χ4n) is 2.48. The van der Waals surface area contributed by atoms with Crippen LogP contribution in [0.5, 0.6) is 0 Å². The number of amides is 1. The maximum atomic E-state index is 12.6. The third kappa shape index (κ3) is 4.33. The van der Waals surface area contributed by atoms with Gasteiger partial charge in [0.1, 0.15) is 0 Å². The Bertz CT molecular complexity index is 692. The number of hydrogen-bond donors (Lipinski definition) is 1. The molecule has 0 spiro atoms. The fraction of sp³-hybridized carbons (Fsp3) is 0.500. The van der Waals surface area contributed by atoms with Crippen LogP contribution in [-0.2, 0) is 19.6 Å². The number of esters is 1. The molecule has 7 nitrogen and oxygen atoms in total. The second kappa shape index (κ2) is 7.76. The Kier molecular flexibility index (Phi) is 5.95. The number of carbonyl (C=O) groups is 2. The predicted molar refractivity (Wildman–Crippen MR) is 87.7 cm³/mol. The van der Waals surface area contributed by atoms with Gasteiger partial charge in [-0.1, -0.05) is 12.8 Å². The van der Waals surface area contributed by atoms with E-state index in [1.54, 1.807) is 0 Å². The summed E-state index contributed by atoms with van der Waals surface area (Å²) in [5.41, 5.74) is 5.20. The summed E-state index contributed by atoms with van der Waals surface area (Å²) in [5.74, 6) is -1.47. The molecular formula is C16H22N2O5S. The van der Waals surface area contributed by atoms with Crippen LogP contribution in [0.2, 0.25) is 0 Å². The van der Waals surface area contributed by atoms with Gasteiger partial charge in [0.15, 0.2) is 6.10 Å². The molecule has 0 radical (unpaired) electrons. The first-order chi connectivity index (χ1) is 11.3. The van der Waals surface area contributed by atoms with E-state index < -0.39 is 28.0 Å². The van der Waals surface area contributed by atoms with Crippen LogP contribution in [-0.4, -0.2) is 43.8 Å². The summed E-state index contributed by atoms with van der Waals surface area (Å²) in [6.45, 7) is 2.41. The lowest BCUT2D eigenvalue weighted by molar-refractivity contribution is -0.125. The molecule has 0 aliphatic carbocycles. The van der Waals surface area contributed by atoms with Crippen molar-refractivity contribution in [3.8, 4) is 0 Å². The van der Waals surface area contributed by atoms with Crippen molar-refractivity contribution < 1.29 is 22.7 Å². The quantitative estimate of drug-likeness (QED) is 0.802. The second-order valence-corrected chi connectivity index (χ2v) is 7.73. The minimum atomic E-state index is -3.56. The van der Waals surface area contributed by atoms with Gasteiger partial charge < -0.3 is 10.5 Å². The molecule has 8 heteroatoms. The lowest BCUT2D eigenvalue weighted by Crippen LogP contribution is -2.32. The van der Waals surface area contributed by atoms with Crippen molar-refractivity contribution in [3.63, 3.8) is 0 Å². The van der Waals surface area contributed by atoms with Gasteiger partial charge in [0, 0.05) is 13.1 Å². The minimum absolute atomic E-state index is 0.142. The molecule has 1 saturated heterocycles. The minimum Gasteiger partial charge on any atom is -0.449 e. The van der Waals surface area contributed by atoms with Crippen LogP contribution in [0, 0.1) is 0 Å². The average Bonchev–Trinajstić information content (AvgIpc) is 2.84. The summed E-state index contributed by atoms with van der Waals surface area (Å²) in [5, 5.41) is 0. The molecule has 24 heavy (non-hydrogen) atoms. The molecule has 132 valence electrons. The van der Waals surface area contributed by atoms with Crippen molar-refractivity contribution in [3.05, 3.63) is 29.8 Å². The Morgan fingerprint density at radius 3 is 2.12 bits per heavy atom. The summed E-state index contributed by atoms with van der Waals surface area (Å²) in [6.07, 6.45) is 2.74. The average molecular weight is 354 g/mol. The zero-order valence-electron chi connectivity index (χ0n) is 13.6. The van der Waals surface area contributed by atoms with E-state index in [0.717, 1.165) is 25.7 Å². The summed E-state index contributed by atoms with van der Waals surface area (Å²) in [6, 6.07) is 5.51. The highest BCUT2D eigenvalue weighted by atomic mass is 32.2. The maximum Gasteiger partial charge on any atom is 0.338 e. The van der Waals surface area contributed by atoms with Crippen LogP contribution >= 0.6 is 0 Å². The third-order valence-electron chi connectivity index (χ3n) is 3.98. The van der Waals surface area contributed by atoms with E-state index in [1.807, 2.05) is 0 Å². The Morgan fingerprint density at radius 1 is 1.08 bits per heavy atom. The van der Waals surface area contributed by atoms with E-state index in [2.05, 4.69) is 0 Å². The van der Waals surface area contributed by atoms with Gasteiger partial charge in [-0.25, -0.2) is 13.2 Å². The molecule has 1 atom stereocenters. The number of nitrogens with two attached hydrogens (primary N) is 1. The molecule has 1 unspecified atom stereocenters. The van der Waals surface area contributed by atoms with Crippen molar-refractivity contribution in [2.24, 2.45) is 5.73 Å². The molecule has 2 N–H and O–H groups in total. The van der Waals surface area contributed by atoms with Crippen LogP contribution in [0.4, 0.5) is 0 Å². The van der Waals surface area contributed by atoms with Crippen LogP contribution in [0.15, 0.2) is 29.2 Å². The molecule has 1 aromatic rings. The summed E-state index contributed by atoms with van der Waals surface area (Å²) < 4.78 is 31.6. The van der Waals surface area contributed by atoms with Gasteiger partial charge in [-0.2, -0.15) is 4.31 Å². The number of ether oxygens (including phenoxy) is 1. The Morgan fingerprint density at radius 2 is 1.62 bits per heavy atom. The first-order valence-electron chi connectivity index (χ1n) is 7.93. The molecule has 1 aliphatic rings. The van der Waals surface area contributed by atoms with Crippen molar-refractivity contribution in [2.45, 2.75) is 43.6 Å². The highest BCUT2D eigenvalue weighted by Crippen LogP contribution is 2.21. The van der Waals surface area contributed by atoms with Crippen molar-refractivity contribution >= 4 is 21.9 Å². The Hall–Kier alpha value is -1.93. The molecule has 1 aliphatic heterocycles. The van der Waals surface area contributed by atoms with Gasteiger partial charge in [0.25, 0.3) is 5.91 Å². The number of hydrogen-bond acceptors (Lipinski definition) is 5. The van der Waals surface area contributed by atoms with E-state index in [1.165, 1.54) is 35.5 Å².